The summed E-state index contributed by atoms with van der Waals surface area (Å²) in [5.74, 6) is 1.11. The Morgan fingerprint density at radius 2 is 1.68 bits per heavy atom. The summed E-state index contributed by atoms with van der Waals surface area (Å²) >= 11 is 0. The lowest BCUT2D eigenvalue weighted by Crippen LogP contribution is -2.08. The minimum atomic E-state index is 0.104. The molecule has 0 fully saturated rings. The fourth-order valence-corrected chi connectivity index (χ4v) is 1.51. The van der Waals surface area contributed by atoms with E-state index in [1.54, 1.807) is 12.1 Å². The fourth-order valence-electron chi connectivity index (χ4n) is 1.51. The molecular formula is C14H20O5. The second-order valence-electron chi connectivity index (χ2n) is 3.73. The number of aldehydes is 1. The van der Waals surface area contributed by atoms with Crippen LogP contribution in [-0.2, 0) is 9.47 Å². The van der Waals surface area contributed by atoms with Gasteiger partial charge in [-0.3, -0.25) is 4.79 Å². The number of benzene rings is 1. The van der Waals surface area contributed by atoms with Crippen molar-refractivity contribution in [2.45, 2.75) is 20.8 Å². The molecule has 0 aliphatic rings. The topological polar surface area (TPSA) is 54.0 Å². The maximum absolute atomic E-state index is 11.0. The summed E-state index contributed by atoms with van der Waals surface area (Å²) in [6.45, 7) is 7.00. The highest BCUT2D eigenvalue weighted by molar-refractivity contribution is 5.81. The number of carbonyl (C=O) groups excluding carboxylic acids is 1. The molecular weight excluding hydrogens is 248 g/mol. The van der Waals surface area contributed by atoms with Crippen molar-refractivity contribution >= 4 is 6.29 Å². The van der Waals surface area contributed by atoms with Crippen LogP contribution < -0.4 is 9.47 Å². The molecule has 106 valence electrons. The number of hydrogen-bond donors (Lipinski definition) is 0. The maximum atomic E-state index is 11.0. The molecule has 0 amide bonds. The smallest absolute Gasteiger partial charge is 0.189 e. The van der Waals surface area contributed by atoms with Gasteiger partial charge in [0.2, 0.25) is 0 Å². The first-order chi connectivity index (χ1) is 9.24. The minimum absolute atomic E-state index is 0.104. The Balaban J connectivity index is 2.84. The van der Waals surface area contributed by atoms with Crippen molar-refractivity contribution in [2.75, 3.05) is 26.8 Å². The standard InChI is InChI=1S/C14H20O5/c1-4-16-9-18-13-7-6-12(8-15)14(11(13)3)19-10-17-5-2/h6-8H,4-5,9-10H2,1-3H3. The largest absolute Gasteiger partial charge is 0.467 e. The summed E-state index contributed by atoms with van der Waals surface area (Å²) in [7, 11) is 0. The monoisotopic (exact) mass is 268 g/mol. The van der Waals surface area contributed by atoms with Crippen LogP contribution in [0.15, 0.2) is 12.1 Å². The van der Waals surface area contributed by atoms with E-state index in [0.717, 1.165) is 11.8 Å². The Morgan fingerprint density at radius 1 is 1.05 bits per heavy atom. The quantitative estimate of drug-likeness (QED) is 0.391. The summed E-state index contributed by atoms with van der Waals surface area (Å²) in [5.41, 5.74) is 1.23. The zero-order chi connectivity index (χ0) is 14.1. The molecule has 0 radical (unpaired) electrons. The fraction of sp³-hybridized carbons (Fsp3) is 0.500. The summed E-state index contributed by atoms with van der Waals surface area (Å²) in [4.78, 5) is 11.0. The highest BCUT2D eigenvalue weighted by Crippen LogP contribution is 2.30. The van der Waals surface area contributed by atoms with Crippen LogP contribution in [0.1, 0.15) is 29.8 Å². The van der Waals surface area contributed by atoms with Gasteiger partial charge in [0.25, 0.3) is 0 Å². The molecule has 5 nitrogen and oxygen atoms in total. The molecule has 19 heavy (non-hydrogen) atoms. The van der Waals surface area contributed by atoms with Gasteiger partial charge in [-0.1, -0.05) is 0 Å². The highest BCUT2D eigenvalue weighted by Gasteiger charge is 2.12. The van der Waals surface area contributed by atoms with Crippen molar-refractivity contribution in [1.82, 2.24) is 0 Å². The van der Waals surface area contributed by atoms with Crippen LogP contribution in [0.4, 0.5) is 0 Å². The van der Waals surface area contributed by atoms with Gasteiger partial charge in [-0.25, -0.2) is 0 Å². The Bertz CT molecular complexity index is 403. The van der Waals surface area contributed by atoms with E-state index in [1.807, 2.05) is 20.8 Å². The average molecular weight is 268 g/mol. The van der Waals surface area contributed by atoms with E-state index in [2.05, 4.69) is 0 Å². The Morgan fingerprint density at radius 3 is 2.26 bits per heavy atom. The molecule has 0 aliphatic carbocycles. The van der Waals surface area contributed by atoms with Gasteiger partial charge in [0.1, 0.15) is 11.5 Å². The molecule has 0 aliphatic heterocycles. The zero-order valence-corrected chi connectivity index (χ0v) is 11.6. The van der Waals surface area contributed by atoms with Crippen LogP contribution >= 0.6 is 0 Å². The number of ether oxygens (including phenoxy) is 4. The van der Waals surface area contributed by atoms with Crippen LogP contribution in [0.3, 0.4) is 0 Å². The van der Waals surface area contributed by atoms with Gasteiger partial charge in [-0.05, 0) is 32.9 Å². The van der Waals surface area contributed by atoms with Gasteiger partial charge in [-0.2, -0.15) is 0 Å². The zero-order valence-electron chi connectivity index (χ0n) is 11.6. The van der Waals surface area contributed by atoms with Gasteiger partial charge in [0.05, 0.1) is 5.56 Å². The third-order valence-corrected chi connectivity index (χ3v) is 2.51. The molecule has 1 rings (SSSR count). The molecule has 0 saturated carbocycles. The molecule has 1 aromatic rings. The Kier molecular flexibility index (Phi) is 6.92. The van der Waals surface area contributed by atoms with Crippen LogP contribution in [0.2, 0.25) is 0 Å². The van der Waals surface area contributed by atoms with Crippen molar-refractivity contribution in [2.24, 2.45) is 0 Å². The van der Waals surface area contributed by atoms with Crippen LogP contribution in [-0.4, -0.2) is 33.1 Å². The van der Waals surface area contributed by atoms with E-state index in [0.29, 0.717) is 30.3 Å². The number of rotatable bonds is 9. The molecule has 5 heteroatoms. The lowest BCUT2D eigenvalue weighted by molar-refractivity contribution is 0.0172. The summed E-state index contributed by atoms with van der Waals surface area (Å²) in [6, 6.07) is 3.38. The van der Waals surface area contributed by atoms with E-state index in [1.165, 1.54) is 0 Å². The maximum Gasteiger partial charge on any atom is 0.189 e. The van der Waals surface area contributed by atoms with Crippen LogP contribution in [0.25, 0.3) is 0 Å². The Hall–Kier alpha value is -1.59. The summed E-state index contributed by atoms with van der Waals surface area (Å²) < 4.78 is 21.2. The third-order valence-electron chi connectivity index (χ3n) is 2.51. The average Bonchev–Trinajstić information content (AvgIpc) is 2.42. The number of hydrogen-bond acceptors (Lipinski definition) is 5. The van der Waals surface area contributed by atoms with Crippen molar-refractivity contribution in [3.63, 3.8) is 0 Å². The first-order valence-electron chi connectivity index (χ1n) is 6.24. The second-order valence-corrected chi connectivity index (χ2v) is 3.73. The van der Waals surface area contributed by atoms with Crippen molar-refractivity contribution in [3.8, 4) is 11.5 Å². The van der Waals surface area contributed by atoms with Gasteiger partial charge >= 0.3 is 0 Å². The first-order valence-corrected chi connectivity index (χ1v) is 6.24. The van der Waals surface area contributed by atoms with Gasteiger partial charge in [0.15, 0.2) is 19.9 Å². The molecule has 0 saturated heterocycles. The van der Waals surface area contributed by atoms with Gasteiger partial charge < -0.3 is 18.9 Å². The molecule has 0 heterocycles. The van der Waals surface area contributed by atoms with Crippen LogP contribution in [0.5, 0.6) is 11.5 Å². The highest BCUT2D eigenvalue weighted by atomic mass is 16.7. The van der Waals surface area contributed by atoms with E-state index in [-0.39, 0.29) is 13.6 Å². The minimum Gasteiger partial charge on any atom is -0.467 e. The lowest BCUT2D eigenvalue weighted by Gasteiger charge is -2.15. The van der Waals surface area contributed by atoms with Crippen LogP contribution in [0, 0.1) is 6.92 Å². The van der Waals surface area contributed by atoms with E-state index in [9.17, 15) is 4.79 Å². The second kappa shape index (κ2) is 8.50. The third kappa shape index (κ3) is 4.54. The Labute approximate surface area is 113 Å². The summed E-state index contributed by atoms with van der Waals surface area (Å²) in [6.07, 6.45) is 0.751. The molecule has 0 unspecified atom stereocenters. The predicted molar refractivity (Wildman–Crippen MR) is 70.8 cm³/mol. The number of carbonyl (C=O) groups is 1. The summed E-state index contributed by atoms with van der Waals surface area (Å²) in [5, 5.41) is 0. The molecule has 0 aromatic heterocycles. The molecule has 1 aromatic carbocycles. The SMILES string of the molecule is CCOCOc1ccc(C=O)c(OCOCC)c1C. The van der Waals surface area contributed by atoms with Gasteiger partial charge in [0, 0.05) is 18.8 Å². The lowest BCUT2D eigenvalue weighted by atomic mass is 10.1. The van der Waals surface area contributed by atoms with Crippen molar-refractivity contribution in [1.29, 1.82) is 0 Å². The van der Waals surface area contributed by atoms with Crippen molar-refractivity contribution in [3.05, 3.63) is 23.3 Å². The first kappa shape index (κ1) is 15.5. The molecule has 0 bridgehead atoms. The van der Waals surface area contributed by atoms with Gasteiger partial charge in [-0.15, -0.1) is 0 Å². The van der Waals surface area contributed by atoms with Crippen molar-refractivity contribution < 1.29 is 23.7 Å². The van der Waals surface area contributed by atoms with E-state index >= 15 is 0 Å². The molecule has 0 atom stereocenters. The molecule has 0 spiro atoms. The molecule has 0 N–H and O–H groups in total. The van der Waals surface area contributed by atoms with E-state index in [4.69, 9.17) is 18.9 Å². The predicted octanol–water partition coefficient (Wildman–Crippen LogP) is 2.55. The normalized spacial score (nSPS) is 10.3. The van der Waals surface area contributed by atoms with E-state index < -0.39 is 0 Å².